The highest BCUT2D eigenvalue weighted by Gasteiger charge is 2.25. The number of piperidine rings is 1. The van der Waals surface area contributed by atoms with E-state index in [4.69, 9.17) is 14.7 Å². The molecular formula is C17H22N2O5S. The molecule has 0 saturated carbocycles. The molecule has 1 aromatic rings. The first-order valence-electron chi connectivity index (χ1n) is 8.03. The standard InChI is InChI=1S/C17H22N2O5S/c1-23-15-4-3-14(11-16(15)24-2)25(21,22)10-7-17(20)19-8-5-13(12-18)6-9-19/h3-4,11,13H,5-10H2,1-2H3. The Morgan fingerprint density at radius 1 is 1.24 bits per heavy atom. The largest absolute Gasteiger partial charge is 0.493 e. The number of sulfone groups is 1. The zero-order chi connectivity index (χ0) is 18.4. The SMILES string of the molecule is COc1ccc(S(=O)(=O)CCC(=O)N2CCC(C#N)CC2)cc1OC. The maximum Gasteiger partial charge on any atom is 0.223 e. The van der Waals surface area contributed by atoms with Gasteiger partial charge in [0.2, 0.25) is 5.91 Å². The quantitative estimate of drug-likeness (QED) is 0.759. The Hall–Kier alpha value is -2.27. The van der Waals surface area contributed by atoms with Crippen LogP contribution in [0.3, 0.4) is 0 Å². The van der Waals surface area contributed by atoms with Crippen molar-refractivity contribution in [2.45, 2.75) is 24.2 Å². The third kappa shape index (κ3) is 4.63. The molecule has 0 N–H and O–H groups in total. The van der Waals surface area contributed by atoms with Gasteiger partial charge in [-0.25, -0.2) is 8.42 Å². The number of hydrogen-bond acceptors (Lipinski definition) is 6. The number of hydrogen-bond donors (Lipinski definition) is 0. The van der Waals surface area contributed by atoms with Gasteiger partial charge in [0.15, 0.2) is 21.3 Å². The molecule has 0 aliphatic carbocycles. The lowest BCUT2D eigenvalue weighted by Crippen LogP contribution is -2.38. The Labute approximate surface area is 148 Å². The number of amides is 1. The normalized spacial score (nSPS) is 15.5. The fourth-order valence-electron chi connectivity index (χ4n) is 2.77. The number of rotatable bonds is 6. The number of benzene rings is 1. The predicted octanol–water partition coefficient (Wildman–Crippen LogP) is 1.63. The number of ether oxygens (including phenoxy) is 2. The van der Waals surface area contributed by atoms with Crippen molar-refractivity contribution in [2.75, 3.05) is 33.1 Å². The van der Waals surface area contributed by atoms with E-state index >= 15 is 0 Å². The van der Waals surface area contributed by atoms with E-state index in [1.165, 1.54) is 32.4 Å². The summed E-state index contributed by atoms with van der Waals surface area (Å²) < 4.78 is 35.2. The highest BCUT2D eigenvalue weighted by molar-refractivity contribution is 7.91. The molecule has 8 heteroatoms. The zero-order valence-corrected chi connectivity index (χ0v) is 15.2. The predicted molar refractivity (Wildman–Crippen MR) is 91.1 cm³/mol. The molecule has 136 valence electrons. The molecule has 0 unspecified atom stereocenters. The summed E-state index contributed by atoms with van der Waals surface area (Å²) in [6.07, 6.45) is 1.21. The van der Waals surface area contributed by atoms with Crippen LogP contribution in [-0.4, -0.2) is 52.3 Å². The van der Waals surface area contributed by atoms with Gasteiger partial charge < -0.3 is 14.4 Å². The first kappa shape index (κ1) is 19.1. The van der Waals surface area contributed by atoms with Crippen molar-refractivity contribution in [2.24, 2.45) is 5.92 Å². The molecular weight excluding hydrogens is 344 g/mol. The van der Waals surface area contributed by atoms with Crippen LogP contribution in [0.15, 0.2) is 23.1 Å². The third-order valence-corrected chi connectivity index (χ3v) is 6.04. The summed E-state index contributed by atoms with van der Waals surface area (Å²) in [7, 11) is -0.697. The molecule has 1 fully saturated rings. The molecule has 0 atom stereocenters. The Kier molecular flexibility index (Phi) is 6.26. The summed E-state index contributed by atoms with van der Waals surface area (Å²) in [4.78, 5) is 14.0. The molecule has 1 saturated heterocycles. The van der Waals surface area contributed by atoms with Crippen molar-refractivity contribution in [1.29, 1.82) is 5.26 Å². The first-order valence-corrected chi connectivity index (χ1v) is 9.68. The lowest BCUT2D eigenvalue weighted by molar-refractivity contribution is -0.131. The Bertz CT molecular complexity index is 762. The number of nitriles is 1. The van der Waals surface area contributed by atoms with Crippen LogP contribution in [0.2, 0.25) is 0 Å². The highest BCUT2D eigenvalue weighted by atomic mass is 32.2. The average Bonchev–Trinajstić information content (AvgIpc) is 2.65. The summed E-state index contributed by atoms with van der Waals surface area (Å²) in [5.41, 5.74) is 0. The topological polar surface area (TPSA) is 96.7 Å². The second kappa shape index (κ2) is 8.21. The Morgan fingerprint density at radius 3 is 2.44 bits per heavy atom. The van der Waals surface area contributed by atoms with Crippen LogP contribution in [0.1, 0.15) is 19.3 Å². The molecule has 1 heterocycles. The maximum absolute atomic E-state index is 12.5. The van der Waals surface area contributed by atoms with Gasteiger partial charge in [-0.05, 0) is 25.0 Å². The molecule has 1 aromatic carbocycles. The first-order chi connectivity index (χ1) is 11.9. The van der Waals surface area contributed by atoms with E-state index in [1.807, 2.05) is 0 Å². The van der Waals surface area contributed by atoms with Crippen LogP contribution in [0.5, 0.6) is 11.5 Å². The second-order valence-electron chi connectivity index (χ2n) is 5.87. The molecule has 1 aliphatic rings. The minimum Gasteiger partial charge on any atom is -0.493 e. The number of carbonyl (C=O) groups excluding carboxylic acids is 1. The van der Waals surface area contributed by atoms with Gasteiger partial charge in [0.1, 0.15) is 0 Å². The van der Waals surface area contributed by atoms with Gasteiger partial charge in [-0.15, -0.1) is 0 Å². The zero-order valence-electron chi connectivity index (χ0n) is 14.4. The van der Waals surface area contributed by atoms with Gasteiger partial charge in [0.25, 0.3) is 0 Å². The smallest absolute Gasteiger partial charge is 0.223 e. The van der Waals surface area contributed by atoms with Gasteiger partial charge in [0, 0.05) is 31.5 Å². The van der Waals surface area contributed by atoms with Gasteiger partial charge in [0.05, 0.1) is 30.9 Å². The number of likely N-dealkylation sites (tertiary alicyclic amines) is 1. The van der Waals surface area contributed by atoms with E-state index in [9.17, 15) is 13.2 Å². The lowest BCUT2D eigenvalue weighted by Gasteiger charge is -2.29. The summed E-state index contributed by atoms with van der Waals surface area (Å²) in [5, 5.41) is 8.88. The van der Waals surface area contributed by atoms with Crippen LogP contribution in [0.25, 0.3) is 0 Å². The van der Waals surface area contributed by atoms with Crippen molar-refractivity contribution in [3.8, 4) is 17.6 Å². The molecule has 1 amide bonds. The van der Waals surface area contributed by atoms with E-state index in [0.717, 1.165) is 0 Å². The van der Waals surface area contributed by atoms with E-state index in [2.05, 4.69) is 6.07 Å². The minimum absolute atomic E-state index is 0.0143. The molecule has 0 aromatic heterocycles. The average molecular weight is 366 g/mol. The molecule has 0 radical (unpaired) electrons. The van der Waals surface area contributed by atoms with Crippen molar-refractivity contribution < 1.29 is 22.7 Å². The minimum atomic E-state index is -3.60. The Balaban J connectivity index is 2.00. The van der Waals surface area contributed by atoms with E-state index < -0.39 is 9.84 Å². The number of carbonyl (C=O) groups is 1. The van der Waals surface area contributed by atoms with Crippen LogP contribution in [-0.2, 0) is 14.6 Å². The van der Waals surface area contributed by atoms with Crippen molar-refractivity contribution in [1.82, 2.24) is 4.90 Å². The summed E-state index contributed by atoms with van der Waals surface area (Å²) >= 11 is 0. The molecule has 7 nitrogen and oxygen atoms in total. The van der Waals surface area contributed by atoms with Crippen LogP contribution < -0.4 is 9.47 Å². The molecule has 1 aliphatic heterocycles. The van der Waals surface area contributed by atoms with Gasteiger partial charge in [-0.3, -0.25) is 4.79 Å². The molecule has 2 rings (SSSR count). The van der Waals surface area contributed by atoms with Crippen LogP contribution >= 0.6 is 0 Å². The van der Waals surface area contributed by atoms with E-state index in [1.54, 1.807) is 4.90 Å². The maximum atomic E-state index is 12.5. The summed E-state index contributed by atoms with van der Waals surface area (Å²) in [5.74, 6) is 0.297. The van der Waals surface area contributed by atoms with Crippen LogP contribution in [0.4, 0.5) is 0 Å². The molecule has 0 spiro atoms. The summed E-state index contributed by atoms with van der Waals surface area (Å²) in [6, 6.07) is 6.58. The highest BCUT2D eigenvalue weighted by Crippen LogP contribution is 2.30. The molecule has 25 heavy (non-hydrogen) atoms. The number of methoxy groups -OCH3 is 2. The van der Waals surface area contributed by atoms with E-state index in [-0.39, 0.29) is 28.9 Å². The fourth-order valence-corrected chi connectivity index (χ4v) is 4.01. The van der Waals surface area contributed by atoms with E-state index in [0.29, 0.717) is 37.4 Å². The number of nitrogens with zero attached hydrogens (tertiary/aromatic N) is 2. The second-order valence-corrected chi connectivity index (χ2v) is 7.98. The van der Waals surface area contributed by atoms with Crippen molar-refractivity contribution in [3.05, 3.63) is 18.2 Å². The van der Waals surface area contributed by atoms with Crippen molar-refractivity contribution >= 4 is 15.7 Å². The Morgan fingerprint density at radius 2 is 1.88 bits per heavy atom. The monoisotopic (exact) mass is 366 g/mol. The summed E-state index contributed by atoms with van der Waals surface area (Å²) in [6.45, 7) is 1.01. The third-order valence-electron chi connectivity index (χ3n) is 4.33. The lowest BCUT2D eigenvalue weighted by atomic mass is 9.98. The molecule has 0 bridgehead atoms. The van der Waals surface area contributed by atoms with Gasteiger partial charge in [-0.1, -0.05) is 0 Å². The fraction of sp³-hybridized carbons (Fsp3) is 0.529. The van der Waals surface area contributed by atoms with Crippen molar-refractivity contribution in [3.63, 3.8) is 0 Å². The van der Waals surface area contributed by atoms with Crippen LogP contribution in [0, 0.1) is 17.2 Å². The van der Waals surface area contributed by atoms with Gasteiger partial charge in [-0.2, -0.15) is 5.26 Å². The van der Waals surface area contributed by atoms with Gasteiger partial charge >= 0.3 is 0 Å².